The van der Waals surface area contributed by atoms with Gasteiger partial charge in [0.15, 0.2) is 0 Å². The van der Waals surface area contributed by atoms with Crippen molar-refractivity contribution in [3.05, 3.63) is 12.2 Å². The van der Waals surface area contributed by atoms with Gasteiger partial charge in [-0.05, 0) is 134 Å². The van der Waals surface area contributed by atoms with Crippen LogP contribution in [0.5, 0.6) is 0 Å². The number of aliphatic hydroxyl groups excluding tert-OH is 1. The number of thioether (sulfide) groups is 1. The predicted octanol–water partition coefficient (Wildman–Crippen LogP) is 4.61. The maximum absolute atomic E-state index is 15.4. The fraction of sp³-hybridized carbons (Fsp3) is 0.803. The van der Waals surface area contributed by atoms with E-state index in [0.29, 0.717) is 31.4 Å². The minimum Gasteiger partial charge on any atom is -0.469 e. The molecule has 26 nitrogen and oxygen atoms in total. The van der Waals surface area contributed by atoms with E-state index >= 15 is 33.6 Å². The largest absolute Gasteiger partial charge is 0.469 e. The highest BCUT2D eigenvalue weighted by Gasteiger charge is 2.47. The molecule has 562 valence electrons. The lowest BCUT2D eigenvalue weighted by Gasteiger charge is -2.41. The second kappa shape index (κ2) is 42.0. The van der Waals surface area contributed by atoms with Crippen molar-refractivity contribution in [1.82, 2.24) is 55.6 Å². The van der Waals surface area contributed by atoms with Crippen LogP contribution in [0.4, 0.5) is 0 Å². The molecule has 0 aromatic rings. The van der Waals surface area contributed by atoms with E-state index in [1.807, 2.05) is 41.5 Å². The smallest absolute Gasteiger partial charge is 0.305 e. The van der Waals surface area contributed by atoms with Crippen LogP contribution in [0, 0.1) is 35.5 Å². The molecule has 0 bridgehead atoms. The number of rotatable bonds is 24. The molecule has 1 rings (SSSR count). The van der Waals surface area contributed by atoms with Gasteiger partial charge in [-0.15, -0.1) is 0 Å². The molecule has 27 heteroatoms. The van der Waals surface area contributed by atoms with E-state index in [1.165, 1.54) is 115 Å². The molecule has 1 heterocycles. The number of allylic oxidation sites excluding steroid dienone is 2. The van der Waals surface area contributed by atoms with Crippen molar-refractivity contribution >= 4 is 82.7 Å². The molecule has 98 heavy (non-hydrogen) atoms. The zero-order valence-corrected chi connectivity index (χ0v) is 64.8. The number of carbonyl (C=O) groups is 12. The van der Waals surface area contributed by atoms with Gasteiger partial charge in [-0.3, -0.25) is 57.5 Å². The number of amides is 11. The zero-order valence-electron chi connectivity index (χ0n) is 64.0. The lowest BCUT2D eigenvalue weighted by molar-refractivity contribution is -0.157. The number of likely N-dealkylation sites (N-methyl/N-ethyl adjacent to an activating group) is 7. The minimum atomic E-state index is -1.69. The van der Waals surface area contributed by atoms with Gasteiger partial charge in [-0.2, -0.15) is 11.8 Å². The molecule has 1 saturated heterocycles. The van der Waals surface area contributed by atoms with Crippen molar-refractivity contribution in [3.63, 3.8) is 0 Å². The third-order valence-corrected chi connectivity index (χ3v) is 19.6. The summed E-state index contributed by atoms with van der Waals surface area (Å²) in [5, 5.41) is 34.8. The number of hydrogen-bond acceptors (Lipinski definition) is 16. The van der Waals surface area contributed by atoms with Gasteiger partial charge in [0.25, 0.3) is 0 Å². The summed E-state index contributed by atoms with van der Waals surface area (Å²) in [7, 11) is 11.1. The first-order chi connectivity index (χ1) is 45.4. The average Bonchev–Trinajstić information content (AvgIpc) is 0.805. The zero-order chi connectivity index (χ0) is 75.7. The molecule has 13 atom stereocenters. The summed E-state index contributed by atoms with van der Waals surface area (Å²) < 4.78 is 4.81. The summed E-state index contributed by atoms with van der Waals surface area (Å²) in [5.41, 5.74) is -1.62. The number of hydrogen-bond donors (Lipinski definition) is 6. The molecule has 0 saturated carbocycles. The Balaban J connectivity index is 4.61. The van der Waals surface area contributed by atoms with Gasteiger partial charge in [0.2, 0.25) is 65.0 Å². The number of unbranched alkanes of at least 4 members (excludes halogenated alkanes) is 1. The molecule has 0 radical (unpaired) electrons. The Hall–Kier alpha value is -6.35. The van der Waals surface area contributed by atoms with Gasteiger partial charge >= 0.3 is 5.97 Å². The van der Waals surface area contributed by atoms with Crippen molar-refractivity contribution < 1.29 is 72.5 Å². The molecular weight excluding hydrogens is 1280 g/mol. The summed E-state index contributed by atoms with van der Waals surface area (Å²) in [5.74, 6) is -10.2. The van der Waals surface area contributed by atoms with Crippen LogP contribution < -0.4 is 21.3 Å². The second-order valence-corrected chi connectivity index (χ2v) is 30.6. The van der Waals surface area contributed by atoms with Crippen LogP contribution in [-0.2, 0) is 62.3 Å². The number of carbonyl (C=O) groups excluding carboxylic acids is 12. The molecule has 0 aliphatic carbocycles. The van der Waals surface area contributed by atoms with Gasteiger partial charge in [0.05, 0.1) is 18.8 Å². The number of aliphatic hydroxyl groups is 2. The third-order valence-electron chi connectivity index (χ3n) is 18.4. The minimum absolute atomic E-state index is 0.0489. The molecule has 6 N–H and O–H groups in total. The summed E-state index contributed by atoms with van der Waals surface area (Å²) in [6.07, 6.45) is 4.26. The molecule has 11 amide bonds. The van der Waals surface area contributed by atoms with Crippen LogP contribution in [0.2, 0.25) is 0 Å². The van der Waals surface area contributed by atoms with Crippen LogP contribution >= 0.6 is 11.8 Å². The number of ether oxygens (including phenoxy) is 1. The molecular formula is C71H127N11O15S. The summed E-state index contributed by atoms with van der Waals surface area (Å²) in [6, 6.07) is -14.7. The van der Waals surface area contributed by atoms with E-state index in [0.717, 1.165) is 14.7 Å². The lowest BCUT2D eigenvalue weighted by Crippen LogP contribution is -2.64. The predicted molar refractivity (Wildman–Crippen MR) is 381 cm³/mol. The van der Waals surface area contributed by atoms with Crippen LogP contribution in [0.1, 0.15) is 188 Å². The Kier molecular flexibility index (Phi) is 38.5. The number of nitrogens with one attached hydrogen (secondary N) is 4. The third kappa shape index (κ3) is 27.0. The van der Waals surface area contributed by atoms with E-state index in [9.17, 15) is 34.2 Å². The monoisotopic (exact) mass is 1410 g/mol. The highest BCUT2D eigenvalue weighted by Crippen LogP contribution is 2.27. The highest BCUT2D eigenvalue weighted by molar-refractivity contribution is 7.99. The number of nitrogens with zero attached hydrogens (tertiary/aromatic N) is 7. The first kappa shape index (κ1) is 89.7. The van der Waals surface area contributed by atoms with Crippen LogP contribution in [0.15, 0.2) is 12.2 Å². The Morgan fingerprint density at radius 3 is 1.53 bits per heavy atom. The van der Waals surface area contributed by atoms with Gasteiger partial charge < -0.3 is 70.5 Å². The standard InChI is InChI=1S/C71H127N11O15S/c1-26-28-31-46(13)59(84)58-63(88)74-49(27-2)65(90)80(22)54(40-98-37-30-29-32-55(83)97-25)68(93)79(21)53(39-71(16,17)96)62(87)75-56(44(9)10)69(94)76(18)50(35-33-41(3)4)61(86)72-47(14)60(85)73-48(15)64(89)78(20)52(38-43(7)8)67(92)77(19)51(36-34-42(5)6)66(91)81(23)57(45(11)12)70(95)82(58)24/h26,28,41-54,56-59,84,96H,27,29-40H2,1-25H3,(H,72,86)(H,73,85)(H,74,88)(H,75,87)/b28-26+/t46-,47-,48+,49-,50-,51-,52+,53+,54-,56-,57-,58+,59-/m1/s1. The molecule has 0 aromatic heterocycles. The van der Waals surface area contributed by atoms with Gasteiger partial charge in [0, 0.05) is 67.9 Å². The fourth-order valence-corrected chi connectivity index (χ4v) is 13.1. The molecule has 1 aliphatic heterocycles. The first-order valence-electron chi connectivity index (χ1n) is 35.1. The van der Waals surface area contributed by atoms with Gasteiger partial charge in [0.1, 0.15) is 66.5 Å². The summed E-state index contributed by atoms with van der Waals surface area (Å²) >= 11 is 1.29. The summed E-state index contributed by atoms with van der Waals surface area (Å²) in [4.78, 5) is 185. The highest BCUT2D eigenvalue weighted by atomic mass is 32.2. The maximum atomic E-state index is 15.4. The fourth-order valence-electron chi connectivity index (χ4n) is 12.0. The SMILES string of the molecule is C/C=C/C[C@@H](C)[C@@H](O)[C@H]1C(=O)N[C@H](CC)C(=O)N(C)[C@H](CSCCCCC(=O)OC)C(=O)N(C)[C@@H](CC(C)(C)O)C(=O)N[C@H](C(C)C)C(=O)N(C)[C@H](CCC(C)C)C(=O)N[C@H](C)C(=O)N[C@@H](C)C(=O)N(C)[C@@H](CC(C)C)C(=O)N(C)[C@H](CCC(C)C)C(=O)N(C)[C@H](C(C)C)C(=O)N1C. The Labute approximate surface area is 590 Å². The van der Waals surface area contributed by atoms with E-state index in [4.69, 9.17) is 4.74 Å². The quantitative estimate of drug-likeness (QED) is 0.0437. The molecule has 1 fully saturated rings. The second-order valence-electron chi connectivity index (χ2n) is 29.5. The van der Waals surface area contributed by atoms with Crippen LogP contribution in [0.3, 0.4) is 0 Å². The topological polar surface area (TPSA) is 325 Å². The van der Waals surface area contributed by atoms with E-state index in [-0.39, 0.29) is 68.5 Å². The summed E-state index contributed by atoms with van der Waals surface area (Å²) in [6.45, 7) is 29.2. The molecule has 0 aromatic carbocycles. The maximum Gasteiger partial charge on any atom is 0.305 e. The van der Waals surface area contributed by atoms with Crippen molar-refractivity contribution in [2.75, 3.05) is 67.9 Å². The van der Waals surface area contributed by atoms with Crippen molar-refractivity contribution in [2.45, 2.75) is 266 Å². The van der Waals surface area contributed by atoms with Gasteiger partial charge in [-0.25, -0.2) is 0 Å². The van der Waals surface area contributed by atoms with Crippen molar-refractivity contribution in [2.24, 2.45) is 35.5 Å². The lowest BCUT2D eigenvalue weighted by atomic mass is 9.91. The van der Waals surface area contributed by atoms with Crippen LogP contribution in [0.25, 0.3) is 0 Å². The van der Waals surface area contributed by atoms with E-state index < -0.39 is 167 Å². The number of esters is 1. The van der Waals surface area contributed by atoms with E-state index in [2.05, 4.69) is 21.3 Å². The average molecular weight is 1410 g/mol. The molecule has 1 aliphatic rings. The van der Waals surface area contributed by atoms with Gasteiger partial charge in [-0.1, -0.05) is 95.2 Å². The number of methoxy groups -OCH3 is 1. The van der Waals surface area contributed by atoms with Crippen LogP contribution in [-0.4, -0.2) is 262 Å². The first-order valence-corrected chi connectivity index (χ1v) is 36.3. The van der Waals surface area contributed by atoms with Crippen molar-refractivity contribution in [1.29, 1.82) is 0 Å². The Morgan fingerprint density at radius 1 is 0.551 bits per heavy atom. The molecule has 0 unspecified atom stereocenters. The Bertz CT molecular complexity index is 2690. The normalized spacial score (nSPS) is 25.7. The Morgan fingerprint density at radius 2 is 1.03 bits per heavy atom. The van der Waals surface area contributed by atoms with Crippen molar-refractivity contribution in [3.8, 4) is 0 Å². The molecule has 0 spiro atoms. The van der Waals surface area contributed by atoms with E-state index in [1.54, 1.807) is 60.6 Å².